The van der Waals surface area contributed by atoms with Crippen LogP contribution in [0.25, 0.3) is 0 Å². The molecule has 0 aliphatic carbocycles. The number of aryl methyl sites for hydroxylation is 1. The number of hydrogen-bond acceptors (Lipinski definition) is 3. The van der Waals surface area contributed by atoms with E-state index in [0.717, 1.165) is 15.6 Å². The van der Waals surface area contributed by atoms with Gasteiger partial charge in [-0.15, -0.1) is 0 Å². The first-order chi connectivity index (χ1) is 15.8. The average molecular weight is 507 g/mol. The van der Waals surface area contributed by atoms with Crippen molar-refractivity contribution in [3.8, 4) is 0 Å². The Balaban J connectivity index is 1.73. The number of halogens is 1. The van der Waals surface area contributed by atoms with Gasteiger partial charge in [0.1, 0.15) is 11.8 Å². The second kappa shape index (κ2) is 11.4. The van der Waals surface area contributed by atoms with E-state index in [1.165, 1.54) is 0 Å². The summed E-state index contributed by atoms with van der Waals surface area (Å²) < 4.78 is 0.959. The van der Waals surface area contributed by atoms with E-state index in [1.807, 2.05) is 61.5 Å². The Hall–Kier alpha value is -3.45. The molecule has 3 rings (SSSR count). The number of amidine groups is 1. The van der Waals surface area contributed by atoms with Gasteiger partial charge in [0.2, 0.25) is 11.8 Å². The SMILES string of the molecule is C[C@H](NC(=O)C(CCc1ccccc1)C(=O)Nc1ccc(C(=N)N)cc1)c1ccc(Br)cc1. The van der Waals surface area contributed by atoms with Crippen LogP contribution in [-0.2, 0) is 16.0 Å². The van der Waals surface area contributed by atoms with Crippen molar-refractivity contribution in [1.29, 1.82) is 5.41 Å². The summed E-state index contributed by atoms with van der Waals surface area (Å²) in [6.07, 6.45) is 0.975. The summed E-state index contributed by atoms with van der Waals surface area (Å²) in [6, 6.07) is 23.9. The van der Waals surface area contributed by atoms with E-state index >= 15 is 0 Å². The second-order valence-electron chi connectivity index (χ2n) is 7.84. The first kappa shape index (κ1) is 24.2. The molecule has 0 aliphatic rings. The molecular formula is C26H27BrN4O2. The van der Waals surface area contributed by atoms with Crippen LogP contribution in [0.2, 0.25) is 0 Å². The number of amides is 2. The number of hydrogen-bond donors (Lipinski definition) is 4. The molecule has 0 aliphatic heterocycles. The highest BCUT2D eigenvalue weighted by Gasteiger charge is 2.28. The van der Waals surface area contributed by atoms with Crippen LogP contribution in [0.5, 0.6) is 0 Å². The van der Waals surface area contributed by atoms with Crippen LogP contribution in [0, 0.1) is 11.3 Å². The Morgan fingerprint density at radius 3 is 2.18 bits per heavy atom. The summed E-state index contributed by atoms with van der Waals surface area (Å²) in [5.74, 6) is -1.60. The zero-order chi connectivity index (χ0) is 23.8. The lowest BCUT2D eigenvalue weighted by Crippen LogP contribution is -2.39. The molecular weight excluding hydrogens is 480 g/mol. The Labute approximate surface area is 202 Å². The fourth-order valence-corrected chi connectivity index (χ4v) is 3.71. The van der Waals surface area contributed by atoms with E-state index in [4.69, 9.17) is 11.1 Å². The van der Waals surface area contributed by atoms with Gasteiger partial charge >= 0.3 is 0 Å². The molecule has 3 aromatic carbocycles. The third kappa shape index (κ3) is 7.02. The van der Waals surface area contributed by atoms with Crippen molar-refractivity contribution in [2.45, 2.75) is 25.8 Å². The van der Waals surface area contributed by atoms with E-state index in [1.54, 1.807) is 24.3 Å². The summed E-state index contributed by atoms with van der Waals surface area (Å²) >= 11 is 3.42. The molecule has 0 saturated carbocycles. The van der Waals surface area contributed by atoms with Gasteiger partial charge in [0.25, 0.3) is 0 Å². The fourth-order valence-electron chi connectivity index (χ4n) is 3.45. The lowest BCUT2D eigenvalue weighted by molar-refractivity contribution is -0.133. The van der Waals surface area contributed by atoms with Crippen molar-refractivity contribution in [3.63, 3.8) is 0 Å². The normalized spacial score (nSPS) is 12.4. The molecule has 0 aromatic heterocycles. The molecule has 2 amide bonds. The molecule has 0 spiro atoms. The lowest BCUT2D eigenvalue weighted by Gasteiger charge is -2.21. The van der Waals surface area contributed by atoms with Crippen molar-refractivity contribution in [3.05, 3.63) is 100 Å². The van der Waals surface area contributed by atoms with E-state index in [0.29, 0.717) is 24.1 Å². The van der Waals surface area contributed by atoms with E-state index in [-0.39, 0.29) is 23.7 Å². The van der Waals surface area contributed by atoms with Crippen molar-refractivity contribution < 1.29 is 9.59 Å². The molecule has 1 unspecified atom stereocenters. The molecule has 0 bridgehead atoms. The van der Waals surface area contributed by atoms with Crippen molar-refractivity contribution in [2.75, 3.05) is 5.32 Å². The van der Waals surface area contributed by atoms with Gasteiger partial charge in [-0.25, -0.2) is 0 Å². The molecule has 6 nitrogen and oxygen atoms in total. The van der Waals surface area contributed by atoms with Crippen LogP contribution in [0.3, 0.4) is 0 Å². The van der Waals surface area contributed by atoms with E-state index < -0.39 is 5.92 Å². The molecule has 0 saturated heterocycles. The number of nitrogen functional groups attached to an aromatic ring is 1. The van der Waals surface area contributed by atoms with Gasteiger partial charge in [0.15, 0.2) is 0 Å². The second-order valence-corrected chi connectivity index (χ2v) is 8.75. The van der Waals surface area contributed by atoms with Gasteiger partial charge in [-0.3, -0.25) is 15.0 Å². The van der Waals surface area contributed by atoms with Gasteiger partial charge in [-0.1, -0.05) is 58.4 Å². The fraction of sp³-hybridized carbons (Fsp3) is 0.192. The highest BCUT2D eigenvalue weighted by Crippen LogP contribution is 2.19. The minimum Gasteiger partial charge on any atom is -0.384 e. The number of anilines is 1. The molecule has 7 heteroatoms. The first-order valence-corrected chi connectivity index (χ1v) is 11.5. The quantitative estimate of drug-likeness (QED) is 0.190. The number of nitrogens with one attached hydrogen (secondary N) is 3. The summed E-state index contributed by atoms with van der Waals surface area (Å²) in [6.45, 7) is 1.90. The Bertz CT molecular complexity index is 1100. The number of carbonyl (C=O) groups excluding carboxylic acids is 2. The van der Waals surface area contributed by atoms with Gasteiger partial charge < -0.3 is 16.4 Å². The topological polar surface area (TPSA) is 108 Å². The maximum Gasteiger partial charge on any atom is 0.236 e. The first-order valence-electron chi connectivity index (χ1n) is 10.7. The molecule has 0 radical (unpaired) electrons. The maximum absolute atomic E-state index is 13.2. The highest BCUT2D eigenvalue weighted by atomic mass is 79.9. The van der Waals surface area contributed by atoms with E-state index in [9.17, 15) is 9.59 Å². The van der Waals surface area contributed by atoms with Gasteiger partial charge in [-0.05, 0) is 67.3 Å². The van der Waals surface area contributed by atoms with Crippen molar-refractivity contribution in [1.82, 2.24) is 5.32 Å². The third-order valence-corrected chi connectivity index (χ3v) is 5.92. The van der Waals surface area contributed by atoms with Gasteiger partial charge in [0.05, 0.1) is 6.04 Å². The van der Waals surface area contributed by atoms with Crippen LogP contribution in [0.15, 0.2) is 83.3 Å². The smallest absolute Gasteiger partial charge is 0.236 e. The number of rotatable bonds is 9. The van der Waals surface area contributed by atoms with Crippen LogP contribution in [0.4, 0.5) is 5.69 Å². The third-order valence-electron chi connectivity index (χ3n) is 5.39. The Kier molecular flexibility index (Phi) is 8.38. The van der Waals surface area contributed by atoms with Crippen molar-refractivity contribution >= 4 is 39.3 Å². The number of benzene rings is 3. The summed E-state index contributed by atoms with van der Waals surface area (Å²) in [5.41, 5.74) is 8.62. The lowest BCUT2D eigenvalue weighted by atomic mass is 9.96. The summed E-state index contributed by atoms with van der Waals surface area (Å²) in [4.78, 5) is 26.3. The summed E-state index contributed by atoms with van der Waals surface area (Å²) in [7, 11) is 0. The van der Waals surface area contributed by atoms with Gasteiger partial charge in [-0.2, -0.15) is 0 Å². The number of carbonyl (C=O) groups is 2. The molecule has 170 valence electrons. The minimum absolute atomic E-state index is 0.0464. The molecule has 2 atom stereocenters. The predicted octanol–water partition coefficient (Wildman–Crippen LogP) is 4.80. The Morgan fingerprint density at radius 2 is 1.58 bits per heavy atom. The molecule has 3 aromatic rings. The largest absolute Gasteiger partial charge is 0.384 e. The molecule has 0 fully saturated rings. The predicted molar refractivity (Wildman–Crippen MR) is 135 cm³/mol. The molecule has 5 N–H and O–H groups in total. The average Bonchev–Trinajstić information content (AvgIpc) is 2.80. The number of nitrogens with two attached hydrogens (primary N) is 1. The van der Waals surface area contributed by atoms with Crippen LogP contribution in [-0.4, -0.2) is 17.6 Å². The van der Waals surface area contributed by atoms with Crippen LogP contribution >= 0.6 is 15.9 Å². The zero-order valence-electron chi connectivity index (χ0n) is 18.3. The van der Waals surface area contributed by atoms with Gasteiger partial charge in [0, 0.05) is 15.7 Å². The zero-order valence-corrected chi connectivity index (χ0v) is 19.9. The Morgan fingerprint density at radius 1 is 0.939 bits per heavy atom. The minimum atomic E-state index is -0.865. The summed E-state index contributed by atoms with van der Waals surface area (Å²) in [5, 5.41) is 13.3. The highest BCUT2D eigenvalue weighted by molar-refractivity contribution is 9.10. The van der Waals surface area contributed by atoms with Crippen LogP contribution in [0.1, 0.15) is 36.1 Å². The van der Waals surface area contributed by atoms with E-state index in [2.05, 4.69) is 26.6 Å². The van der Waals surface area contributed by atoms with Crippen LogP contribution < -0.4 is 16.4 Å². The molecule has 33 heavy (non-hydrogen) atoms. The standard InChI is InChI=1S/C26H27BrN4O2/c1-17(19-8-12-21(27)13-9-19)30-25(32)23(16-7-18-5-3-2-4-6-18)26(33)31-22-14-10-20(11-15-22)24(28)29/h2-6,8-15,17,23H,7,16H2,1H3,(H3,28,29)(H,30,32)(H,31,33)/t17-,23?/m0/s1. The monoisotopic (exact) mass is 506 g/mol. The maximum atomic E-state index is 13.2. The van der Waals surface area contributed by atoms with Crippen molar-refractivity contribution in [2.24, 2.45) is 11.7 Å². The molecule has 0 heterocycles.